The van der Waals surface area contributed by atoms with E-state index < -0.39 is 0 Å². The van der Waals surface area contributed by atoms with Gasteiger partial charge in [0.1, 0.15) is 0 Å². The van der Waals surface area contributed by atoms with Crippen molar-refractivity contribution in [3.8, 4) is 5.69 Å². The van der Waals surface area contributed by atoms with Crippen molar-refractivity contribution in [1.82, 2.24) is 20.4 Å². The minimum absolute atomic E-state index is 0. The normalized spacial score (nSPS) is 10.0. The molecule has 1 amide bonds. The van der Waals surface area contributed by atoms with E-state index in [9.17, 15) is 4.79 Å². The summed E-state index contributed by atoms with van der Waals surface area (Å²) in [4.78, 5) is 12.1. The Labute approximate surface area is 131 Å². The Kier molecular flexibility index (Phi) is 6.39. The van der Waals surface area contributed by atoms with Gasteiger partial charge in [-0.25, -0.2) is 4.68 Å². The Morgan fingerprint density at radius 3 is 2.62 bits per heavy atom. The van der Waals surface area contributed by atoms with Crippen LogP contribution < -0.4 is 10.6 Å². The lowest BCUT2D eigenvalue weighted by Crippen LogP contribution is -2.30. The van der Waals surface area contributed by atoms with Crippen molar-refractivity contribution >= 4 is 18.3 Å². The summed E-state index contributed by atoms with van der Waals surface area (Å²) < 4.78 is 1.81. The van der Waals surface area contributed by atoms with E-state index in [1.54, 1.807) is 6.20 Å². The van der Waals surface area contributed by atoms with Crippen LogP contribution in [0.3, 0.4) is 0 Å². The van der Waals surface area contributed by atoms with E-state index in [0.29, 0.717) is 12.1 Å². The average Bonchev–Trinajstić information content (AvgIpc) is 2.81. The van der Waals surface area contributed by atoms with E-state index in [1.165, 1.54) is 0 Å². The molecule has 0 bridgehead atoms. The number of nitrogens with one attached hydrogen (secondary N) is 2. The fourth-order valence-corrected chi connectivity index (χ4v) is 2.07. The number of benzene rings is 1. The van der Waals surface area contributed by atoms with Gasteiger partial charge >= 0.3 is 0 Å². The number of likely N-dealkylation sites (N-methyl/N-ethyl adjacent to an activating group) is 1. The molecule has 0 aliphatic heterocycles. The van der Waals surface area contributed by atoms with Gasteiger partial charge in [-0.1, -0.05) is 18.2 Å². The summed E-state index contributed by atoms with van der Waals surface area (Å²) in [6, 6.07) is 7.99. The smallest absolute Gasteiger partial charge is 0.254 e. The maximum Gasteiger partial charge on any atom is 0.254 e. The molecule has 0 unspecified atom stereocenters. The molecule has 21 heavy (non-hydrogen) atoms. The molecule has 0 atom stereocenters. The number of rotatable bonds is 5. The fraction of sp³-hybridized carbons (Fsp3) is 0.333. The zero-order chi connectivity index (χ0) is 14.5. The van der Waals surface area contributed by atoms with Gasteiger partial charge in [0.2, 0.25) is 0 Å². The number of aromatic nitrogens is 2. The molecule has 2 rings (SSSR count). The van der Waals surface area contributed by atoms with Gasteiger partial charge < -0.3 is 10.6 Å². The molecule has 0 aliphatic rings. The number of halogens is 1. The van der Waals surface area contributed by atoms with E-state index >= 15 is 0 Å². The van der Waals surface area contributed by atoms with Gasteiger partial charge in [0.15, 0.2) is 0 Å². The van der Waals surface area contributed by atoms with Gasteiger partial charge in [-0.3, -0.25) is 4.79 Å². The molecular weight excluding hydrogens is 288 g/mol. The summed E-state index contributed by atoms with van der Waals surface area (Å²) in [5, 5.41) is 10.2. The van der Waals surface area contributed by atoms with Crippen LogP contribution in [0.25, 0.3) is 5.69 Å². The van der Waals surface area contributed by atoms with Crippen LogP contribution in [0, 0.1) is 13.8 Å². The van der Waals surface area contributed by atoms with Gasteiger partial charge in [0.25, 0.3) is 5.91 Å². The van der Waals surface area contributed by atoms with Gasteiger partial charge in [-0.05, 0) is 32.5 Å². The molecule has 2 N–H and O–H groups in total. The molecule has 0 radical (unpaired) electrons. The fourth-order valence-electron chi connectivity index (χ4n) is 2.07. The average molecular weight is 309 g/mol. The van der Waals surface area contributed by atoms with Crippen molar-refractivity contribution in [2.45, 2.75) is 13.8 Å². The van der Waals surface area contributed by atoms with Crippen molar-refractivity contribution in [2.75, 3.05) is 20.1 Å². The largest absolute Gasteiger partial charge is 0.351 e. The van der Waals surface area contributed by atoms with Crippen LogP contribution in [0.1, 0.15) is 21.6 Å². The molecule has 1 aromatic heterocycles. The number of hydrogen-bond donors (Lipinski definition) is 2. The van der Waals surface area contributed by atoms with Gasteiger partial charge in [0, 0.05) is 13.1 Å². The van der Waals surface area contributed by atoms with Crippen LogP contribution in [0.2, 0.25) is 0 Å². The Balaban J connectivity index is 0.00000220. The molecule has 0 saturated carbocycles. The molecular formula is C15H21ClN4O. The molecule has 1 aromatic carbocycles. The minimum atomic E-state index is -0.0856. The molecule has 0 saturated heterocycles. The van der Waals surface area contributed by atoms with E-state index in [1.807, 2.05) is 49.8 Å². The van der Waals surface area contributed by atoms with E-state index in [2.05, 4.69) is 15.7 Å². The zero-order valence-corrected chi connectivity index (χ0v) is 13.3. The number of aryl methyl sites for hydroxylation is 1. The lowest BCUT2D eigenvalue weighted by molar-refractivity contribution is 0.0953. The van der Waals surface area contributed by atoms with Gasteiger partial charge in [-0.2, -0.15) is 5.10 Å². The highest BCUT2D eigenvalue weighted by Crippen LogP contribution is 2.17. The van der Waals surface area contributed by atoms with Crippen molar-refractivity contribution in [3.63, 3.8) is 0 Å². The number of hydrogen-bond acceptors (Lipinski definition) is 3. The van der Waals surface area contributed by atoms with E-state index in [-0.39, 0.29) is 18.3 Å². The maximum atomic E-state index is 12.1. The SMILES string of the molecule is CNCCNC(=O)c1cnn(-c2ccccc2C)c1C.Cl. The standard InChI is InChI=1S/C15H20N4O.ClH/c1-11-6-4-5-7-14(11)19-12(2)13(10-18-19)15(20)17-9-8-16-3;/h4-7,10,16H,8-9H2,1-3H3,(H,17,20);1H. The lowest BCUT2D eigenvalue weighted by atomic mass is 10.2. The van der Waals surface area contributed by atoms with E-state index in [0.717, 1.165) is 23.5 Å². The number of carbonyl (C=O) groups excluding carboxylic acids is 1. The lowest BCUT2D eigenvalue weighted by Gasteiger charge is -2.08. The predicted molar refractivity (Wildman–Crippen MR) is 86.5 cm³/mol. The van der Waals surface area contributed by atoms with E-state index in [4.69, 9.17) is 0 Å². The first-order valence-corrected chi connectivity index (χ1v) is 6.68. The Morgan fingerprint density at radius 1 is 1.24 bits per heavy atom. The Hall–Kier alpha value is -1.85. The van der Waals surface area contributed by atoms with Crippen LogP contribution in [0.5, 0.6) is 0 Å². The summed E-state index contributed by atoms with van der Waals surface area (Å²) in [5.41, 5.74) is 3.59. The molecule has 5 nitrogen and oxygen atoms in total. The topological polar surface area (TPSA) is 58.9 Å². The van der Waals surface area contributed by atoms with Gasteiger partial charge in [-0.15, -0.1) is 12.4 Å². The highest BCUT2D eigenvalue weighted by molar-refractivity contribution is 5.95. The summed E-state index contributed by atoms with van der Waals surface area (Å²) >= 11 is 0. The molecule has 0 aliphatic carbocycles. The summed E-state index contributed by atoms with van der Waals surface area (Å²) in [7, 11) is 1.85. The van der Waals surface area contributed by atoms with Crippen LogP contribution in [0.4, 0.5) is 0 Å². The number of amides is 1. The number of carbonyl (C=O) groups is 1. The third-order valence-corrected chi connectivity index (χ3v) is 3.26. The van der Waals surface area contributed by atoms with Crippen molar-refractivity contribution < 1.29 is 4.79 Å². The molecule has 0 spiro atoms. The molecule has 2 aromatic rings. The highest BCUT2D eigenvalue weighted by Gasteiger charge is 2.15. The quantitative estimate of drug-likeness (QED) is 0.829. The second-order valence-electron chi connectivity index (χ2n) is 4.70. The van der Waals surface area contributed by atoms with Crippen LogP contribution in [0.15, 0.2) is 30.5 Å². The predicted octanol–water partition coefficient (Wildman–Crippen LogP) is 1.86. The van der Waals surface area contributed by atoms with Crippen LogP contribution in [-0.4, -0.2) is 35.8 Å². The first-order valence-electron chi connectivity index (χ1n) is 6.68. The number of nitrogens with zero attached hydrogens (tertiary/aromatic N) is 2. The van der Waals surface area contributed by atoms with Gasteiger partial charge in [0.05, 0.1) is 23.1 Å². The first-order chi connectivity index (χ1) is 9.65. The monoisotopic (exact) mass is 308 g/mol. The Bertz CT molecular complexity index is 609. The third-order valence-electron chi connectivity index (χ3n) is 3.26. The summed E-state index contributed by atoms with van der Waals surface area (Å²) in [5.74, 6) is -0.0856. The molecule has 114 valence electrons. The second-order valence-corrected chi connectivity index (χ2v) is 4.70. The van der Waals surface area contributed by atoms with Crippen LogP contribution >= 0.6 is 12.4 Å². The molecule has 6 heteroatoms. The first kappa shape index (κ1) is 17.2. The van der Waals surface area contributed by atoms with Crippen LogP contribution in [-0.2, 0) is 0 Å². The van der Waals surface area contributed by atoms with Crippen molar-refractivity contribution in [1.29, 1.82) is 0 Å². The zero-order valence-electron chi connectivity index (χ0n) is 12.5. The maximum absolute atomic E-state index is 12.1. The van der Waals surface area contributed by atoms with Crippen molar-refractivity contribution in [2.24, 2.45) is 0 Å². The summed E-state index contributed by atoms with van der Waals surface area (Å²) in [6.45, 7) is 5.29. The second kappa shape index (κ2) is 7.81. The minimum Gasteiger partial charge on any atom is -0.351 e. The van der Waals surface area contributed by atoms with Crippen molar-refractivity contribution in [3.05, 3.63) is 47.3 Å². The highest BCUT2D eigenvalue weighted by atomic mass is 35.5. The summed E-state index contributed by atoms with van der Waals surface area (Å²) in [6.07, 6.45) is 1.62. The molecule has 1 heterocycles. The number of para-hydroxylation sites is 1. The molecule has 0 fully saturated rings. The third kappa shape index (κ3) is 3.83. The Morgan fingerprint density at radius 2 is 1.95 bits per heavy atom.